The summed E-state index contributed by atoms with van der Waals surface area (Å²) in [4.78, 5) is 4.58. The fourth-order valence-electron chi connectivity index (χ4n) is 2.40. The van der Waals surface area contributed by atoms with E-state index in [-0.39, 0.29) is 6.79 Å². The van der Waals surface area contributed by atoms with Crippen molar-refractivity contribution in [3.63, 3.8) is 0 Å². The van der Waals surface area contributed by atoms with Crippen LogP contribution in [0.1, 0.15) is 12.5 Å². The van der Waals surface area contributed by atoms with Crippen LogP contribution in [0.25, 0.3) is 0 Å². The summed E-state index contributed by atoms with van der Waals surface area (Å²) < 4.78 is 16.4. The highest BCUT2D eigenvalue weighted by Crippen LogP contribution is 2.34. The molecule has 25 heavy (non-hydrogen) atoms. The number of nitrogens with one attached hydrogen (secondary N) is 2. The minimum atomic E-state index is 0.268. The van der Waals surface area contributed by atoms with Crippen LogP contribution in [0.4, 0.5) is 0 Å². The number of guanidine groups is 1. The molecule has 6 heteroatoms. The number of aliphatic imine (C=N–C) groups is 1. The minimum Gasteiger partial charge on any atom is -0.492 e. The molecule has 2 aromatic rings. The molecule has 0 atom stereocenters. The summed E-state index contributed by atoms with van der Waals surface area (Å²) in [7, 11) is 0. The zero-order chi connectivity index (χ0) is 17.3. The van der Waals surface area contributed by atoms with Gasteiger partial charge in [0.1, 0.15) is 12.4 Å². The van der Waals surface area contributed by atoms with E-state index in [0.29, 0.717) is 19.7 Å². The molecule has 1 aliphatic heterocycles. The van der Waals surface area contributed by atoms with Crippen LogP contribution >= 0.6 is 0 Å². The van der Waals surface area contributed by atoms with Crippen molar-refractivity contribution in [2.75, 3.05) is 26.5 Å². The molecular formula is C19H23N3O3. The van der Waals surface area contributed by atoms with Gasteiger partial charge in [0.25, 0.3) is 0 Å². The van der Waals surface area contributed by atoms with Crippen LogP contribution in [0.5, 0.6) is 17.2 Å². The molecular weight excluding hydrogens is 318 g/mol. The lowest BCUT2D eigenvalue weighted by Crippen LogP contribution is -2.39. The number of ether oxygens (including phenoxy) is 3. The summed E-state index contributed by atoms with van der Waals surface area (Å²) in [5.41, 5.74) is 1.18. The Balaban J connectivity index is 1.45. The van der Waals surface area contributed by atoms with Crippen LogP contribution in [0.15, 0.2) is 53.5 Å². The van der Waals surface area contributed by atoms with Crippen molar-refractivity contribution < 1.29 is 14.2 Å². The Kier molecular flexibility index (Phi) is 5.98. The average Bonchev–Trinajstić information content (AvgIpc) is 3.12. The molecule has 3 rings (SSSR count). The lowest BCUT2D eigenvalue weighted by molar-refractivity contribution is 0.173. The van der Waals surface area contributed by atoms with Gasteiger partial charge in [0.15, 0.2) is 17.5 Å². The van der Waals surface area contributed by atoms with E-state index in [2.05, 4.69) is 27.8 Å². The average molecular weight is 341 g/mol. The predicted molar refractivity (Wildman–Crippen MR) is 97.3 cm³/mol. The van der Waals surface area contributed by atoms with E-state index in [1.807, 2.05) is 43.3 Å². The lowest BCUT2D eigenvalue weighted by Gasteiger charge is -2.12. The summed E-state index contributed by atoms with van der Waals surface area (Å²) in [6.07, 6.45) is 0. The Bertz CT molecular complexity index is 704. The first-order valence-electron chi connectivity index (χ1n) is 8.43. The first-order valence-corrected chi connectivity index (χ1v) is 8.43. The fraction of sp³-hybridized carbons (Fsp3) is 0.316. The molecule has 0 amide bonds. The molecule has 0 saturated carbocycles. The highest BCUT2D eigenvalue weighted by molar-refractivity contribution is 5.79. The Hall–Kier alpha value is -2.89. The Morgan fingerprint density at radius 3 is 2.76 bits per heavy atom. The van der Waals surface area contributed by atoms with Gasteiger partial charge in [-0.2, -0.15) is 0 Å². The van der Waals surface area contributed by atoms with Gasteiger partial charge in [-0.1, -0.05) is 30.3 Å². The summed E-state index contributed by atoms with van der Waals surface area (Å²) in [5, 5.41) is 6.50. The zero-order valence-corrected chi connectivity index (χ0v) is 14.3. The van der Waals surface area contributed by atoms with Crippen LogP contribution in [-0.4, -0.2) is 32.4 Å². The van der Waals surface area contributed by atoms with Crippen LogP contribution in [0.3, 0.4) is 0 Å². The van der Waals surface area contributed by atoms with E-state index in [0.717, 1.165) is 29.8 Å². The number of nitrogens with zero attached hydrogens (tertiary/aromatic N) is 1. The molecule has 0 bridgehead atoms. The van der Waals surface area contributed by atoms with Gasteiger partial charge >= 0.3 is 0 Å². The number of rotatable bonds is 7. The van der Waals surface area contributed by atoms with E-state index < -0.39 is 0 Å². The molecule has 0 aromatic heterocycles. The highest BCUT2D eigenvalue weighted by atomic mass is 16.7. The van der Waals surface area contributed by atoms with Crippen molar-refractivity contribution in [2.24, 2.45) is 4.99 Å². The van der Waals surface area contributed by atoms with Gasteiger partial charge in [0.05, 0.1) is 13.1 Å². The molecule has 1 aliphatic rings. The van der Waals surface area contributed by atoms with Gasteiger partial charge in [-0.05, 0) is 24.6 Å². The number of fused-ring (bicyclic) bond motifs is 1. The second-order valence-corrected chi connectivity index (χ2v) is 5.47. The Morgan fingerprint density at radius 2 is 1.92 bits per heavy atom. The minimum absolute atomic E-state index is 0.268. The topological polar surface area (TPSA) is 64.1 Å². The van der Waals surface area contributed by atoms with Crippen molar-refractivity contribution in [3.05, 3.63) is 54.1 Å². The first-order chi connectivity index (χ1) is 12.3. The maximum Gasteiger partial charge on any atom is 0.231 e. The van der Waals surface area contributed by atoms with Crippen molar-refractivity contribution in [3.8, 4) is 17.2 Å². The summed E-state index contributed by atoms with van der Waals surface area (Å²) >= 11 is 0. The van der Waals surface area contributed by atoms with E-state index in [9.17, 15) is 0 Å². The van der Waals surface area contributed by atoms with E-state index >= 15 is 0 Å². The summed E-state index contributed by atoms with van der Waals surface area (Å²) in [5.74, 6) is 3.02. The molecule has 0 unspecified atom stereocenters. The van der Waals surface area contributed by atoms with Gasteiger partial charge in [-0.15, -0.1) is 0 Å². The van der Waals surface area contributed by atoms with Gasteiger partial charge in [-0.25, -0.2) is 4.99 Å². The van der Waals surface area contributed by atoms with Crippen LogP contribution in [0.2, 0.25) is 0 Å². The smallest absolute Gasteiger partial charge is 0.231 e. The number of hydrogen-bond donors (Lipinski definition) is 2. The molecule has 132 valence electrons. The molecule has 0 saturated heterocycles. The third-order valence-electron chi connectivity index (χ3n) is 3.61. The predicted octanol–water partition coefficient (Wildman–Crippen LogP) is 2.55. The fourth-order valence-corrected chi connectivity index (χ4v) is 2.40. The molecule has 2 aromatic carbocycles. The Labute approximate surface area is 147 Å². The maximum absolute atomic E-state index is 5.74. The van der Waals surface area contributed by atoms with Crippen molar-refractivity contribution in [1.82, 2.24) is 10.6 Å². The van der Waals surface area contributed by atoms with Crippen LogP contribution in [-0.2, 0) is 6.54 Å². The quantitative estimate of drug-likeness (QED) is 0.460. The molecule has 2 N–H and O–H groups in total. The van der Waals surface area contributed by atoms with Crippen molar-refractivity contribution >= 4 is 5.96 Å². The second-order valence-electron chi connectivity index (χ2n) is 5.47. The normalized spacial score (nSPS) is 12.8. The first kappa shape index (κ1) is 17.0. The van der Waals surface area contributed by atoms with Crippen molar-refractivity contribution in [1.29, 1.82) is 0 Å². The number of hydrogen-bond acceptors (Lipinski definition) is 4. The Morgan fingerprint density at radius 1 is 1.08 bits per heavy atom. The highest BCUT2D eigenvalue weighted by Gasteiger charge is 2.13. The van der Waals surface area contributed by atoms with Gasteiger partial charge in [0.2, 0.25) is 6.79 Å². The summed E-state index contributed by atoms with van der Waals surface area (Å²) in [6, 6.07) is 15.8. The SMILES string of the molecule is CCNC(=NCc1ccccc1)NCCOc1ccc2c(c1)OCO2. The molecule has 6 nitrogen and oxygen atoms in total. The van der Waals surface area contributed by atoms with E-state index in [4.69, 9.17) is 14.2 Å². The van der Waals surface area contributed by atoms with E-state index in [1.54, 1.807) is 0 Å². The second kappa shape index (κ2) is 8.82. The number of benzene rings is 2. The zero-order valence-electron chi connectivity index (χ0n) is 14.3. The lowest BCUT2D eigenvalue weighted by atomic mass is 10.2. The third kappa shape index (κ3) is 5.04. The molecule has 0 radical (unpaired) electrons. The van der Waals surface area contributed by atoms with Gasteiger partial charge in [0, 0.05) is 12.6 Å². The van der Waals surface area contributed by atoms with Crippen LogP contribution < -0.4 is 24.8 Å². The van der Waals surface area contributed by atoms with Crippen LogP contribution in [0, 0.1) is 0 Å². The summed E-state index contributed by atoms with van der Waals surface area (Å²) in [6.45, 7) is 4.93. The largest absolute Gasteiger partial charge is 0.492 e. The van der Waals surface area contributed by atoms with E-state index in [1.165, 1.54) is 5.56 Å². The molecule has 0 aliphatic carbocycles. The van der Waals surface area contributed by atoms with Gasteiger partial charge in [-0.3, -0.25) is 0 Å². The van der Waals surface area contributed by atoms with Crippen molar-refractivity contribution in [2.45, 2.75) is 13.5 Å². The standard InChI is InChI=1S/C19H23N3O3/c1-2-20-19(22-13-15-6-4-3-5-7-15)21-10-11-23-16-8-9-17-18(12-16)25-14-24-17/h3-9,12H,2,10-11,13-14H2,1H3,(H2,20,21,22). The molecule has 0 fully saturated rings. The molecule has 0 spiro atoms. The molecule has 1 heterocycles. The maximum atomic E-state index is 5.74. The third-order valence-corrected chi connectivity index (χ3v) is 3.61. The van der Waals surface area contributed by atoms with Gasteiger partial charge < -0.3 is 24.8 Å². The monoisotopic (exact) mass is 341 g/mol.